The van der Waals surface area contributed by atoms with Crippen molar-refractivity contribution in [2.24, 2.45) is 0 Å². The van der Waals surface area contributed by atoms with E-state index >= 15 is 0 Å². The van der Waals surface area contributed by atoms with E-state index < -0.39 is 0 Å². The van der Waals surface area contributed by atoms with Gasteiger partial charge in [0.15, 0.2) is 0 Å². The first-order chi connectivity index (χ1) is 8.22. The van der Waals surface area contributed by atoms with Gasteiger partial charge >= 0.3 is 0 Å². The van der Waals surface area contributed by atoms with E-state index in [9.17, 15) is 0 Å². The highest BCUT2D eigenvalue weighted by atomic mass is 16.5. The molecule has 0 bridgehead atoms. The molecule has 0 saturated carbocycles. The minimum Gasteiger partial charge on any atom is -0.497 e. The molecule has 1 aromatic carbocycles. The maximum Gasteiger partial charge on any atom is 0.122 e. The molecule has 0 amide bonds. The Labute approximate surface area is 103 Å². The molecule has 1 N–H and O–H groups in total. The summed E-state index contributed by atoms with van der Waals surface area (Å²) >= 11 is 0. The predicted octanol–water partition coefficient (Wildman–Crippen LogP) is 2.91. The van der Waals surface area contributed by atoms with Crippen LogP contribution in [0.25, 0.3) is 0 Å². The van der Waals surface area contributed by atoms with Crippen LogP contribution in [0.4, 0.5) is 0 Å². The van der Waals surface area contributed by atoms with E-state index in [4.69, 9.17) is 9.47 Å². The van der Waals surface area contributed by atoms with Crippen molar-refractivity contribution < 1.29 is 9.47 Å². The van der Waals surface area contributed by atoms with E-state index in [1.807, 2.05) is 6.07 Å². The van der Waals surface area contributed by atoms with Crippen LogP contribution in [0, 0.1) is 0 Å². The number of nitrogens with one attached hydrogen (secondary N) is 1. The molecular weight excluding hydrogens is 214 g/mol. The number of methoxy groups -OCH3 is 2. The highest BCUT2D eigenvalue weighted by Crippen LogP contribution is 2.31. The molecule has 3 heteroatoms. The molecule has 0 aliphatic carbocycles. The number of rotatable bonds is 3. The van der Waals surface area contributed by atoms with Crippen LogP contribution in [-0.2, 0) is 0 Å². The van der Waals surface area contributed by atoms with Crippen LogP contribution in [-0.4, -0.2) is 20.3 Å². The molecule has 2 atom stereocenters. The molecule has 2 unspecified atom stereocenters. The normalized spacial score (nSPS) is 24.4. The quantitative estimate of drug-likeness (QED) is 0.873. The zero-order valence-corrected chi connectivity index (χ0v) is 10.8. The Bertz CT molecular complexity index is 356. The van der Waals surface area contributed by atoms with Crippen LogP contribution in [0.1, 0.15) is 37.8 Å². The van der Waals surface area contributed by atoms with Crippen molar-refractivity contribution in [3.05, 3.63) is 23.8 Å². The summed E-state index contributed by atoms with van der Waals surface area (Å²) in [6, 6.07) is 7.11. The van der Waals surface area contributed by atoms with Crippen LogP contribution in [0.3, 0.4) is 0 Å². The summed E-state index contributed by atoms with van der Waals surface area (Å²) in [5, 5.41) is 3.62. The van der Waals surface area contributed by atoms with Gasteiger partial charge in [0.2, 0.25) is 0 Å². The van der Waals surface area contributed by atoms with Crippen molar-refractivity contribution in [3.8, 4) is 11.5 Å². The van der Waals surface area contributed by atoms with Crippen molar-refractivity contribution in [1.82, 2.24) is 5.32 Å². The monoisotopic (exact) mass is 235 g/mol. The first kappa shape index (κ1) is 12.2. The first-order valence-corrected chi connectivity index (χ1v) is 6.22. The minimum absolute atomic E-state index is 0.419. The minimum atomic E-state index is 0.419. The van der Waals surface area contributed by atoms with E-state index in [2.05, 4.69) is 24.4 Å². The lowest BCUT2D eigenvalue weighted by molar-refractivity contribution is 0.337. The lowest BCUT2D eigenvalue weighted by Gasteiger charge is -2.29. The third-order valence-electron chi connectivity index (χ3n) is 3.39. The first-order valence-electron chi connectivity index (χ1n) is 6.22. The second-order valence-corrected chi connectivity index (χ2v) is 4.70. The molecule has 2 rings (SSSR count). The highest BCUT2D eigenvalue weighted by molar-refractivity contribution is 5.40. The SMILES string of the molecule is COc1cc(OC)cc(C2CCCC(C)N2)c1. The summed E-state index contributed by atoms with van der Waals surface area (Å²) in [5.41, 5.74) is 1.26. The average Bonchev–Trinajstić information content (AvgIpc) is 2.38. The summed E-state index contributed by atoms with van der Waals surface area (Å²) in [6.45, 7) is 2.24. The summed E-state index contributed by atoms with van der Waals surface area (Å²) in [7, 11) is 3.38. The van der Waals surface area contributed by atoms with Crippen LogP contribution >= 0.6 is 0 Å². The van der Waals surface area contributed by atoms with Gasteiger partial charge in [0, 0.05) is 18.2 Å². The average molecular weight is 235 g/mol. The number of hydrogen-bond donors (Lipinski definition) is 1. The number of ether oxygens (including phenoxy) is 2. The second-order valence-electron chi connectivity index (χ2n) is 4.70. The molecule has 1 aliphatic heterocycles. The molecule has 0 radical (unpaired) electrons. The molecule has 1 heterocycles. The van der Waals surface area contributed by atoms with Gasteiger partial charge in [-0.15, -0.1) is 0 Å². The lowest BCUT2D eigenvalue weighted by Crippen LogP contribution is -2.34. The van der Waals surface area contributed by atoms with Crippen LogP contribution in [0.2, 0.25) is 0 Å². The van der Waals surface area contributed by atoms with Gasteiger partial charge in [0.25, 0.3) is 0 Å². The number of hydrogen-bond acceptors (Lipinski definition) is 3. The van der Waals surface area contributed by atoms with Gasteiger partial charge in [-0.2, -0.15) is 0 Å². The molecule has 0 spiro atoms. The zero-order valence-electron chi connectivity index (χ0n) is 10.8. The van der Waals surface area contributed by atoms with Crippen LogP contribution in [0.15, 0.2) is 18.2 Å². The zero-order chi connectivity index (χ0) is 12.3. The number of benzene rings is 1. The van der Waals surface area contributed by atoms with Gasteiger partial charge in [0.05, 0.1) is 14.2 Å². The van der Waals surface area contributed by atoms with Gasteiger partial charge in [-0.05, 0) is 37.5 Å². The Morgan fingerprint density at radius 2 is 1.71 bits per heavy atom. The van der Waals surface area contributed by atoms with Crippen molar-refractivity contribution in [2.75, 3.05) is 14.2 Å². The largest absolute Gasteiger partial charge is 0.497 e. The van der Waals surface area contributed by atoms with E-state index in [0.29, 0.717) is 12.1 Å². The molecule has 0 aromatic heterocycles. The van der Waals surface area contributed by atoms with Crippen molar-refractivity contribution in [1.29, 1.82) is 0 Å². The third-order valence-corrected chi connectivity index (χ3v) is 3.39. The van der Waals surface area contributed by atoms with Gasteiger partial charge < -0.3 is 14.8 Å². The van der Waals surface area contributed by atoms with Crippen molar-refractivity contribution in [3.63, 3.8) is 0 Å². The molecule has 17 heavy (non-hydrogen) atoms. The van der Waals surface area contributed by atoms with E-state index in [-0.39, 0.29) is 0 Å². The van der Waals surface area contributed by atoms with Gasteiger partial charge in [0.1, 0.15) is 11.5 Å². The summed E-state index contributed by atoms with van der Waals surface area (Å²) in [4.78, 5) is 0. The molecule has 1 fully saturated rings. The van der Waals surface area contributed by atoms with Gasteiger partial charge in [-0.3, -0.25) is 0 Å². The highest BCUT2D eigenvalue weighted by Gasteiger charge is 2.20. The van der Waals surface area contributed by atoms with Crippen molar-refractivity contribution >= 4 is 0 Å². The Kier molecular flexibility index (Phi) is 3.89. The molecule has 1 saturated heterocycles. The Morgan fingerprint density at radius 3 is 2.24 bits per heavy atom. The molecular formula is C14H21NO2. The summed E-state index contributed by atoms with van der Waals surface area (Å²) in [6.07, 6.45) is 3.72. The molecule has 94 valence electrons. The fourth-order valence-corrected chi connectivity index (χ4v) is 2.43. The lowest BCUT2D eigenvalue weighted by atomic mass is 9.94. The molecule has 1 aromatic rings. The maximum absolute atomic E-state index is 5.31. The van der Waals surface area contributed by atoms with E-state index in [1.165, 1.54) is 24.8 Å². The summed E-state index contributed by atoms with van der Waals surface area (Å²) < 4.78 is 10.6. The molecule has 1 aliphatic rings. The Morgan fingerprint density at radius 1 is 1.06 bits per heavy atom. The van der Waals surface area contributed by atoms with E-state index in [1.54, 1.807) is 14.2 Å². The Hall–Kier alpha value is -1.22. The fraction of sp³-hybridized carbons (Fsp3) is 0.571. The van der Waals surface area contributed by atoms with Gasteiger partial charge in [-0.1, -0.05) is 6.42 Å². The smallest absolute Gasteiger partial charge is 0.122 e. The predicted molar refractivity (Wildman–Crippen MR) is 68.7 cm³/mol. The van der Waals surface area contributed by atoms with Crippen LogP contribution in [0.5, 0.6) is 11.5 Å². The van der Waals surface area contributed by atoms with E-state index in [0.717, 1.165) is 11.5 Å². The second kappa shape index (κ2) is 5.41. The standard InChI is InChI=1S/C14H21NO2/c1-10-5-4-6-14(15-10)11-7-12(16-2)9-13(8-11)17-3/h7-10,14-15H,4-6H2,1-3H3. The van der Waals surface area contributed by atoms with Gasteiger partial charge in [-0.25, -0.2) is 0 Å². The summed E-state index contributed by atoms with van der Waals surface area (Å²) in [5.74, 6) is 1.72. The number of piperidine rings is 1. The van der Waals surface area contributed by atoms with Crippen LogP contribution < -0.4 is 14.8 Å². The fourth-order valence-electron chi connectivity index (χ4n) is 2.43. The maximum atomic E-state index is 5.31. The topological polar surface area (TPSA) is 30.5 Å². The third kappa shape index (κ3) is 2.91. The Balaban J connectivity index is 2.23. The molecule has 3 nitrogen and oxygen atoms in total. The van der Waals surface area contributed by atoms with Crippen molar-refractivity contribution in [2.45, 2.75) is 38.3 Å².